The largest absolute Gasteiger partial charge is 0.376 e. The van der Waals surface area contributed by atoms with Crippen LogP contribution in [0.4, 0.5) is 0 Å². The van der Waals surface area contributed by atoms with Crippen LogP contribution in [0.1, 0.15) is 19.8 Å². The van der Waals surface area contributed by atoms with Gasteiger partial charge in [0.2, 0.25) is 0 Å². The van der Waals surface area contributed by atoms with Crippen molar-refractivity contribution in [1.29, 1.82) is 0 Å². The maximum absolute atomic E-state index is 5.23. The Kier molecular flexibility index (Phi) is 2.47. The molecule has 15 heavy (non-hydrogen) atoms. The van der Waals surface area contributed by atoms with Crippen LogP contribution in [-0.4, -0.2) is 50.3 Å². The molecule has 4 nitrogen and oxygen atoms in total. The third kappa shape index (κ3) is 2.91. The van der Waals surface area contributed by atoms with Crippen molar-refractivity contribution in [2.45, 2.75) is 43.7 Å². The lowest BCUT2D eigenvalue weighted by atomic mass is 10.3. The second-order valence-corrected chi connectivity index (χ2v) is 4.77. The van der Waals surface area contributed by atoms with Crippen molar-refractivity contribution in [2.75, 3.05) is 26.4 Å². The van der Waals surface area contributed by atoms with Crippen molar-refractivity contribution in [2.24, 2.45) is 0 Å². The second kappa shape index (κ2) is 3.70. The van der Waals surface area contributed by atoms with Crippen LogP contribution >= 0.6 is 0 Å². The van der Waals surface area contributed by atoms with E-state index < -0.39 is 0 Å². The molecule has 4 aliphatic rings. The molecule has 0 radical (unpaired) electrons. The van der Waals surface area contributed by atoms with E-state index in [4.69, 9.17) is 18.9 Å². The Balaban J connectivity index is 0.000000104. The van der Waals surface area contributed by atoms with Gasteiger partial charge in [-0.15, -0.1) is 0 Å². The van der Waals surface area contributed by atoms with Crippen LogP contribution in [0, 0.1) is 0 Å². The van der Waals surface area contributed by atoms with E-state index in [9.17, 15) is 0 Å². The molecule has 86 valence electrons. The summed E-state index contributed by atoms with van der Waals surface area (Å²) in [7, 11) is 0. The van der Waals surface area contributed by atoms with Crippen LogP contribution in [0.25, 0.3) is 0 Å². The maximum Gasteiger partial charge on any atom is 0.104 e. The first kappa shape index (κ1) is 10.0. The molecule has 4 heteroatoms. The van der Waals surface area contributed by atoms with Crippen LogP contribution < -0.4 is 0 Å². The minimum atomic E-state index is 0.392. The van der Waals surface area contributed by atoms with Crippen molar-refractivity contribution >= 4 is 0 Å². The molecule has 3 unspecified atom stereocenters. The zero-order valence-electron chi connectivity index (χ0n) is 9.11. The zero-order chi connectivity index (χ0) is 10.3. The average Bonchev–Trinajstić information content (AvgIpc) is 2.99. The molecule has 0 bridgehead atoms. The van der Waals surface area contributed by atoms with E-state index in [1.54, 1.807) is 0 Å². The summed E-state index contributed by atoms with van der Waals surface area (Å²) in [5.41, 5.74) is 0.458. The molecular formula is C11H18O4. The summed E-state index contributed by atoms with van der Waals surface area (Å²) in [5.74, 6) is 0. The van der Waals surface area contributed by atoms with E-state index in [0.29, 0.717) is 23.9 Å². The molecule has 0 amide bonds. The van der Waals surface area contributed by atoms with E-state index in [1.165, 1.54) is 12.8 Å². The highest BCUT2D eigenvalue weighted by Crippen LogP contribution is 2.56. The number of hydrogen-bond acceptors (Lipinski definition) is 4. The molecule has 3 saturated heterocycles. The summed E-state index contributed by atoms with van der Waals surface area (Å²) >= 11 is 0. The fraction of sp³-hybridized carbons (Fsp3) is 1.00. The molecule has 0 aromatic heterocycles. The van der Waals surface area contributed by atoms with Gasteiger partial charge >= 0.3 is 0 Å². The molecule has 0 aromatic rings. The second-order valence-electron chi connectivity index (χ2n) is 4.77. The quantitative estimate of drug-likeness (QED) is 0.647. The van der Waals surface area contributed by atoms with E-state index in [0.717, 1.165) is 26.4 Å². The summed E-state index contributed by atoms with van der Waals surface area (Å²) in [4.78, 5) is 0. The first-order valence-corrected chi connectivity index (χ1v) is 5.77. The van der Waals surface area contributed by atoms with Gasteiger partial charge in [-0.25, -0.2) is 0 Å². The van der Waals surface area contributed by atoms with Crippen LogP contribution in [0.5, 0.6) is 0 Å². The Labute approximate surface area is 89.8 Å². The molecule has 0 N–H and O–H groups in total. The number of rotatable bonds is 4. The Morgan fingerprint density at radius 2 is 1.60 bits per heavy atom. The predicted octanol–water partition coefficient (Wildman–Crippen LogP) is 0.738. The number of ether oxygens (including phenoxy) is 4. The van der Waals surface area contributed by atoms with Crippen LogP contribution in [-0.2, 0) is 18.9 Å². The minimum absolute atomic E-state index is 0.392. The lowest BCUT2D eigenvalue weighted by Gasteiger charge is -1.95. The van der Waals surface area contributed by atoms with Crippen molar-refractivity contribution in [3.63, 3.8) is 0 Å². The number of epoxide rings is 3. The molecule has 0 aromatic carbocycles. The molecule has 4 fully saturated rings. The predicted molar refractivity (Wildman–Crippen MR) is 52.8 cm³/mol. The van der Waals surface area contributed by atoms with Gasteiger partial charge in [0.25, 0.3) is 0 Å². The van der Waals surface area contributed by atoms with Gasteiger partial charge in [0.1, 0.15) is 12.2 Å². The molecule has 3 aliphatic heterocycles. The minimum Gasteiger partial charge on any atom is -0.376 e. The Bertz CT molecular complexity index is 219. The van der Waals surface area contributed by atoms with Crippen molar-refractivity contribution in [3.8, 4) is 0 Å². The highest BCUT2D eigenvalue weighted by atomic mass is 16.6. The molecule has 1 saturated carbocycles. The van der Waals surface area contributed by atoms with Crippen LogP contribution in [0.15, 0.2) is 0 Å². The van der Waals surface area contributed by atoms with Gasteiger partial charge in [-0.3, -0.25) is 0 Å². The molecule has 4 rings (SSSR count). The summed E-state index contributed by atoms with van der Waals surface area (Å²) in [6.07, 6.45) is 4.05. The Morgan fingerprint density at radius 3 is 1.80 bits per heavy atom. The average molecular weight is 214 g/mol. The smallest absolute Gasteiger partial charge is 0.104 e. The van der Waals surface area contributed by atoms with E-state index in [-0.39, 0.29) is 0 Å². The normalized spacial score (nSPS) is 41.8. The third-order valence-electron chi connectivity index (χ3n) is 3.25. The zero-order valence-corrected chi connectivity index (χ0v) is 9.11. The summed E-state index contributed by atoms with van der Waals surface area (Å²) in [6.45, 7) is 5.41. The first-order valence-electron chi connectivity index (χ1n) is 5.77. The van der Waals surface area contributed by atoms with Crippen LogP contribution in [0.2, 0.25) is 0 Å². The lowest BCUT2D eigenvalue weighted by molar-refractivity contribution is 0.102. The van der Waals surface area contributed by atoms with Gasteiger partial charge < -0.3 is 18.9 Å². The van der Waals surface area contributed by atoms with Gasteiger partial charge in [0.15, 0.2) is 0 Å². The molecule has 3 atom stereocenters. The van der Waals surface area contributed by atoms with Gasteiger partial charge in [-0.05, 0) is 19.8 Å². The van der Waals surface area contributed by atoms with E-state index in [1.807, 2.05) is 0 Å². The first-order chi connectivity index (χ1) is 7.28. The van der Waals surface area contributed by atoms with Gasteiger partial charge in [-0.1, -0.05) is 0 Å². The topological polar surface area (TPSA) is 46.8 Å². The molecular weight excluding hydrogens is 196 g/mol. The van der Waals surface area contributed by atoms with Crippen molar-refractivity contribution < 1.29 is 18.9 Å². The summed E-state index contributed by atoms with van der Waals surface area (Å²) < 4.78 is 20.3. The molecule has 3 heterocycles. The van der Waals surface area contributed by atoms with Gasteiger partial charge in [-0.2, -0.15) is 0 Å². The fourth-order valence-electron chi connectivity index (χ4n) is 1.63. The van der Waals surface area contributed by atoms with Gasteiger partial charge in [0, 0.05) is 0 Å². The molecule has 1 aliphatic carbocycles. The van der Waals surface area contributed by atoms with Gasteiger partial charge in [0.05, 0.1) is 38.1 Å². The van der Waals surface area contributed by atoms with Crippen molar-refractivity contribution in [1.82, 2.24) is 0 Å². The fourth-order valence-corrected chi connectivity index (χ4v) is 1.63. The van der Waals surface area contributed by atoms with E-state index >= 15 is 0 Å². The van der Waals surface area contributed by atoms with Crippen molar-refractivity contribution in [3.05, 3.63) is 0 Å². The Hall–Kier alpha value is -0.160. The monoisotopic (exact) mass is 214 g/mol. The standard InChI is InChI=1S/C6H10O3.C5H8O/c1(5-3-8-5)7-2-6-4-9-6;1-4-5(6-4)2-3-5/h5-6H,1-4H2;4H,2-3H2,1H3. The Morgan fingerprint density at radius 1 is 1.13 bits per heavy atom. The number of hydrogen-bond donors (Lipinski definition) is 0. The van der Waals surface area contributed by atoms with Crippen LogP contribution in [0.3, 0.4) is 0 Å². The highest BCUT2D eigenvalue weighted by Gasteiger charge is 2.62. The lowest BCUT2D eigenvalue weighted by Crippen LogP contribution is -2.06. The third-order valence-corrected chi connectivity index (χ3v) is 3.25. The maximum atomic E-state index is 5.23. The highest BCUT2D eigenvalue weighted by molar-refractivity contribution is 5.11. The summed E-state index contributed by atoms with van der Waals surface area (Å²) in [5, 5.41) is 0. The molecule has 1 spiro atoms. The summed E-state index contributed by atoms with van der Waals surface area (Å²) in [6, 6.07) is 0. The van der Waals surface area contributed by atoms with E-state index in [2.05, 4.69) is 6.92 Å². The SMILES string of the molecule is C(OCC1CO1)C1CO1.CC1OC12CC2.